The Labute approximate surface area is 134 Å². The molecule has 5 heteroatoms. The number of nitrogens with one attached hydrogen (secondary N) is 1. The van der Waals surface area contributed by atoms with Crippen LogP contribution in [0, 0.1) is 0 Å². The van der Waals surface area contributed by atoms with E-state index in [9.17, 15) is 0 Å². The average molecular weight is 313 g/mol. The van der Waals surface area contributed by atoms with Crippen LogP contribution >= 0.6 is 0 Å². The average Bonchev–Trinajstić information content (AvgIpc) is 3.05. The SMILES string of the molecule is COc1ccc(-c2cc3c(OC)ccc(OC)c3[nH]2)cc1OC. The number of methoxy groups -OCH3 is 4. The third-order valence-electron chi connectivity index (χ3n) is 3.85. The van der Waals surface area contributed by atoms with Crippen LogP contribution in [0.25, 0.3) is 22.2 Å². The fraction of sp³-hybridized carbons (Fsp3) is 0.222. The van der Waals surface area contributed by atoms with E-state index in [1.165, 1.54) is 0 Å². The Morgan fingerprint density at radius 3 is 1.91 bits per heavy atom. The highest BCUT2D eigenvalue weighted by Crippen LogP contribution is 2.38. The minimum absolute atomic E-state index is 0.683. The van der Waals surface area contributed by atoms with E-state index in [1.807, 2.05) is 36.4 Å². The number of hydrogen-bond acceptors (Lipinski definition) is 4. The van der Waals surface area contributed by atoms with E-state index in [2.05, 4.69) is 4.98 Å². The first-order valence-electron chi connectivity index (χ1n) is 7.18. The predicted molar refractivity (Wildman–Crippen MR) is 89.9 cm³/mol. The largest absolute Gasteiger partial charge is 0.496 e. The summed E-state index contributed by atoms with van der Waals surface area (Å²) in [7, 11) is 6.55. The zero-order valence-corrected chi connectivity index (χ0v) is 13.6. The van der Waals surface area contributed by atoms with Gasteiger partial charge in [0.1, 0.15) is 11.5 Å². The molecule has 1 heterocycles. The highest BCUT2D eigenvalue weighted by Gasteiger charge is 2.13. The number of ether oxygens (including phenoxy) is 4. The molecule has 0 saturated heterocycles. The Kier molecular flexibility index (Phi) is 4.02. The minimum atomic E-state index is 0.683. The van der Waals surface area contributed by atoms with E-state index < -0.39 is 0 Å². The van der Waals surface area contributed by atoms with Gasteiger partial charge in [-0.2, -0.15) is 0 Å². The lowest BCUT2D eigenvalue weighted by molar-refractivity contribution is 0.355. The lowest BCUT2D eigenvalue weighted by Crippen LogP contribution is -1.90. The molecule has 1 N–H and O–H groups in total. The second-order valence-electron chi connectivity index (χ2n) is 5.01. The maximum atomic E-state index is 5.44. The first-order chi connectivity index (χ1) is 11.2. The summed E-state index contributed by atoms with van der Waals surface area (Å²) in [5.74, 6) is 2.95. The van der Waals surface area contributed by atoms with Crippen molar-refractivity contribution in [3.05, 3.63) is 36.4 Å². The van der Waals surface area contributed by atoms with Crippen LogP contribution in [-0.2, 0) is 0 Å². The smallest absolute Gasteiger partial charge is 0.161 e. The van der Waals surface area contributed by atoms with Gasteiger partial charge in [-0.3, -0.25) is 0 Å². The molecule has 0 fully saturated rings. The Hall–Kier alpha value is -2.82. The molecule has 0 unspecified atom stereocenters. The molecule has 2 aromatic carbocycles. The number of hydrogen-bond donors (Lipinski definition) is 1. The molecule has 0 bridgehead atoms. The molecule has 0 atom stereocenters. The van der Waals surface area contributed by atoms with E-state index in [4.69, 9.17) is 18.9 Å². The summed E-state index contributed by atoms with van der Waals surface area (Å²) >= 11 is 0. The molecule has 0 aliphatic rings. The standard InChI is InChI=1S/C18H19NO4/c1-20-14-7-8-16(22-3)18-12(14)10-13(19-18)11-5-6-15(21-2)17(9-11)23-4/h5-10,19H,1-4H3. The van der Waals surface area contributed by atoms with Gasteiger partial charge in [0.2, 0.25) is 0 Å². The Morgan fingerprint density at radius 1 is 0.652 bits per heavy atom. The summed E-state index contributed by atoms with van der Waals surface area (Å²) < 4.78 is 21.5. The van der Waals surface area contributed by atoms with Gasteiger partial charge in [-0.1, -0.05) is 0 Å². The second kappa shape index (κ2) is 6.12. The molecule has 3 rings (SSSR count). The van der Waals surface area contributed by atoms with Gasteiger partial charge in [-0.05, 0) is 36.4 Å². The van der Waals surface area contributed by atoms with E-state index >= 15 is 0 Å². The van der Waals surface area contributed by atoms with Gasteiger partial charge in [0, 0.05) is 16.6 Å². The van der Waals surface area contributed by atoms with Crippen LogP contribution < -0.4 is 18.9 Å². The quantitative estimate of drug-likeness (QED) is 0.777. The third kappa shape index (κ3) is 2.54. The van der Waals surface area contributed by atoms with Gasteiger partial charge in [0.05, 0.1) is 34.0 Å². The molecule has 120 valence electrons. The fourth-order valence-electron chi connectivity index (χ4n) is 2.68. The van der Waals surface area contributed by atoms with Crippen molar-refractivity contribution >= 4 is 10.9 Å². The lowest BCUT2D eigenvalue weighted by Gasteiger charge is -2.08. The molecule has 5 nitrogen and oxygen atoms in total. The Bertz CT molecular complexity index is 797. The third-order valence-corrected chi connectivity index (χ3v) is 3.85. The van der Waals surface area contributed by atoms with Crippen LogP contribution in [0.15, 0.2) is 36.4 Å². The predicted octanol–water partition coefficient (Wildman–Crippen LogP) is 3.87. The maximum Gasteiger partial charge on any atom is 0.161 e. The number of aromatic nitrogens is 1. The van der Waals surface area contributed by atoms with Crippen molar-refractivity contribution in [2.24, 2.45) is 0 Å². The van der Waals surface area contributed by atoms with E-state index in [-0.39, 0.29) is 0 Å². The van der Waals surface area contributed by atoms with Crippen LogP contribution in [0.4, 0.5) is 0 Å². The molecular formula is C18H19NO4. The number of aromatic amines is 1. The Morgan fingerprint density at radius 2 is 1.26 bits per heavy atom. The van der Waals surface area contributed by atoms with Crippen molar-refractivity contribution in [3.8, 4) is 34.3 Å². The van der Waals surface area contributed by atoms with Gasteiger partial charge < -0.3 is 23.9 Å². The molecule has 0 saturated carbocycles. The molecule has 0 aliphatic heterocycles. The van der Waals surface area contributed by atoms with Gasteiger partial charge >= 0.3 is 0 Å². The lowest BCUT2D eigenvalue weighted by atomic mass is 10.1. The second-order valence-corrected chi connectivity index (χ2v) is 5.01. The topological polar surface area (TPSA) is 52.7 Å². The first kappa shape index (κ1) is 15.1. The molecule has 0 amide bonds. The van der Waals surface area contributed by atoms with Crippen molar-refractivity contribution in [2.75, 3.05) is 28.4 Å². The molecule has 0 radical (unpaired) electrons. The molecular weight excluding hydrogens is 294 g/mol. The number of fused-ring (bicyclic) bond motifs is 1. The van der Waals surface area contributed by atoms with Crippen LogP contribution in [0.2, 0.25) is 0 Å². The van der Waals surface area contributed by atoms with Crippen molar-refractivity contribution < 1.29 is 18.9 Å². The fourth-order valence-corrected chi connectivity index (χ4v) is 2.68. The number of rotatable bonds is 5. The normalized spacial score (nSPS) is 10.6. The van der Waals surface area contributed by atoms with Gasteiger partial charge in [-0.15, -0.1) is 0 Å². The van der Waals surface area contributed by atoms with Crippen LogP contribution in [0.5, 0.6) is 23.0 Å². The zero-order valence-electron chi connectivity index (χ0n) is 13.6. The highest BCUT2D eigenvalue weighted by molar-refractivity contribution is 5.95. The Balaban J connectivity index is 2.17. The summed E-state index contributed by atoms with van der Waals surface area (Å²) in [6.07, 6.45) is 0. The van der Waals surface area contributed by atoms with Crippen molar-refractivity contribution in [2.45, 2.75) is 0 Å². The molecule has 3 aromatic rings. The summed E-state index contributed by atoms with van der Waals surface area (Å²) in [4.78, 5) is 3.39. The highest BCUT2D eigenvalue weighted by atomic mass is 16.5. The van der Waals surface area contributed by atoms with E-state index in [0.717, 1.165) is 33.7 Å². The van der Waals surface area contributed by atoms with Crippen molar-refractivity contribution in [3.63, 3.8) is 0 Å². The molecule has 23 heavy (non-hydrogen) atoms. The van der Waals surface area contributed by atoms with Gasteiger partial charge in [0.25, 0.3) is 0 Å². The van der Waals surface area contributed by atoms with Crippen molar-refractivity contribution in [1.82, 2.24) is 4.98 Å². The molecule has 0 spiro atoms. The molecule has 1 aromatic heterocycles. The number of benzene rings is 2. The van der Waals surface area contributed by atoms with Crippen molar-refractivity contribution in [1.29, 1.82) is 0 Å². The van der Waals surface area contributed by atoms with E-state index in [0.29, 0.717) is 11.5 Å². The number of H-pyrrole nitrogens is 1. The summed E-state index contributed by atoms with van der Waals surface area (Å²) in [5.41, 5.74) is 2.84. The zero-order chi connectivity index (χ0) is 16.4. The molecule has 0 aliphatic carbocycles. The van der Waals surface area contributed by atoms with Crippen LogP contribution in [-0.4, -0.2) is 33.4 Å². The summed E-state index contributed by atoms with van der Waals surface area (Å²) in [6, 6.07) is 11.6. The summed E-state index contributed by atoms with van der Waals surface area (Å²) in [6.45, 7) is 0. The van der Waals surface area contributed by atoms with Gasteiger partial charge in [0.15, 0.2) is 11.5 Å². The first-order valence-corrected chi connectivity index (χ1v) is 7.18. The summed E-state index contributed by atoms with van der Waals surface area (Å²) in [5, 5.41) is 0.969. The minimum Gasteiger partial charge on any atom is -0.496 e. The maximum absolute atomic E-state index is 5.44. The van der Waals surface area contributed by atoms with E-state index in [1.54, 1.807) is 28.4 Å². The van der Waals surface area contributed by atoms with Crippen LogP contribution in [0.1, 0.15) is 0 Å². The van der Waals surface area contributed by atoms with Gasteiger partial charge in [-0.25, -0.2) is 0 Å². The van der Waals surface area contributed by atoms with Crippen LogP contribution in [0.3, 0.4) is 0 Å². The monoisotopic (exact) mass is 313 g/mol.